The van der Waals surface area contributed by atoms with Gasteiger partial charge in [-0.25, -0.2) is 0 Å². The fraction of sp³-hybridized carbons (Fsp3) is 0.684. The van der Waals surface area contributed by atoms with Crippen LogP contribution in [0.1, 0.15) is 56.2 Å². The van der Waals surface area contributed by atoms with Crippen molar-refractivity contribution in [3.63, 3.8) is 0 Å². The van der Waals surface area contributed by atoms with Crippen LogP contribution >= 0.6 is 0 Å². The Balaban J connectivity index is 1.45. The summed E-state index contributed by atoms with van der Waals surface area (Å²) in [6.45, 7) is 4.53. The molecule has 0 aliphatic heterocycles. The molecule has 1 heteroatoms. The molecule has 108 valence electrons. The monoisotopic (exact) mass is 269 g/mol. The number of fused-ring (bicyclic) bond motifs is 5. The van der Waals surface area contributed by atoms with Crippen molar-refractivity contribution in [2.75, 3.05) is 0 Å². The lowest BCUT2D eigenvalue weighted by atomic mass is 9.79. The van der Waals surface area contributed by atoms with Gasteiger partial charge >= 0.3 is 0 Å². The summed E-state index contributed by atoms with van der Waals surface area (Å²) in [5, 5.41) is 3.97. The lowest BCUT2D eigenvalue weighted by Gasteiger charge is -2.34. The van der Waals surface area contributed by atoms with E-state index >= 15 is 0 Å². The van der Waals surface area contributed by atoms with Crippen LogP contribution in [0.3, 0.4) is 0 Å². The SMILES string of the molecule is Cc1cccc(C(C)NC2CC3CC2C2CCCC32)c1. The number of nitrogens with one attached hydrogen (secondary N) is 1. The minimum absolute atomic E-state index is 0.499. The van der Waals surface area contributed by atoms with Crippen molar-refractivity contribution >= 4 is 0 Å². The van der Waals surface area contributed by atoms with Crippen LogP contribution in [0.2, 0.25) is 0 Å². The average Bonchev–Trinajstić information content (AvgIpc) is 3.10. The lowest BCUT2D eigenvalue weighted by Crippen LogP contribution is -2.40. The first kappa shape index (κ1) is 12.9. The van der Waals surface area contributed by atoms with Gasteiger partial charge in [0.2, 0.25) is 0 Å². The van der Waals surface area contributed by atoms with Crippen molar-refractivity contribution in [2.45, 2.75) is 58.0 Å². The minimum Gasteiger partial charge on any atom is -0.307 e. The number of hydrogen-bond acceptors (Lipinski definition) is 1. The Hall–Kier alpha value is -0.820. The van der Waals surface area contributed by atoms with E-state index in [9.17, 15) is 0 Å². The number of rotatable bonds is 3. The molecular formula is C19H27N. The molecule has 1 aromatic carbocycles. The molecule has 3 aliphatic carbocycles. The van der Waals surface area contributed by atoms with E-state index in [4.69, 9.17) is 0 Å². The van der Waals surface area contributed by atoms with E-state index in [1.54, 1.807) is 0 Å². The maximum atomic E-state index is 3.97. The number of hydrogen-bond donors (Lipinski definition) is 1. The topological polar surface area (TPSA) is 12.0 Å². The molecule has 3 fully saturated rings. The van der Waals surface area contributed by atoms with Crippen molar-refractivity contribution in [3.05, 3.63) is 35.4 Å². The quantitative estimate of drug-likeness (QED) is 0.853. The highest BCUT2D eigenvalue weighted by atomic mass is 15.0. The van der Waals surface area contributed by atoms with Crippen molar-refractivity contribution < 1.29 is 0 Å². The van der Waals surface area contributed by atoms with Crippen LogP contribution in [0.25, 0.3) is 0 Å². The minimum atomic E-state index is 0.499. The molecule has 0 aromatic heterocycles. The zero-order valence-electron chi connectivity index (χ0n) is 12.8. The highest BCUT2D eigenvalue weighted by Crippen LogP contribution is 2.58. The van der Waals surface area contributed by atoms with Gasteiger partial charge in [0.05, 0.1) is 0 Å². The van der Waals surface area contributed by atoms with Crippen molar-refractivity contribution in [1.29, 1.82) is 0 Å². The molecule has 1 aromatic rings. The summed E-state index contributed by atoms with van der Waals surface area (Å²) in [7, 11) is 0. The molecule has 6 atom stereocenters. The predicted octanol–water partition coefficient (Wildman–Crippen LogP) is 4.47. The summed E-state index contributed by atoms with van der Waals surface area (Å²) in [5.41, 5.74) is 2.83. The summed E-state index contributed by atoms with van der Waals surface area (Å²) in [6, 6.07) is 10.3. The zero-order valence-corrected chi connectivity index (χ0v) is 12.8. The maximum Gasteiger partial charge on any atom is 0.0294 e. The van der Waals surface area contributed by atoms with Gasteiger partial charge in [0.25, 0.3) is 0 Å². The third-order valence-electron chi connectivity index (χ3n) is 6.43. The third kappa shape index (κ3) is 2.02. The normalized spacial score (nSPS) is 40.0. The third-order valence-corrected chi connectivity index (χ3v) is 6.43. The molecule has 3 saturated carbocycles. The van der Waals surface area contributed by atoms with Crippen LogP contribution in [0.4, 0.5) is 0 Å². The Morgan fingerprint density at radius 3 is 2.80 bits per heavy atom. The second-order valence-corrected chi connectivity index (χ2v) is 7.56. The van der Waals surface area contributed by atoms with E-state index in [-0.39, 0.29) is 0 Å². The van der Waals surface area contributed by atoms with E-state index in [2.05, 4.69) is 43.4 Å². The fourth-order valence-electron chi connectivity index (χ4n) is 5.62. The largest absolute Gasteiger partial charge is 0.307 e. The van der Waals surface area contributed by atoms with E-state index in [1.165, 1.54) is 43.2 Å². The van der Waals surface area contributed by atoms with Crippen LogP contribution in [0, 0.1) is 30.6 Å². The molecule has 1 nitrogen and oxygen atoms in total. The van der Waals surface area contributed by atoms with Crippen molar-refractivity contribution in [1.82, 2.24) is 5.32 Å². The molecule has 0 heterocycles. The molecule has 4 rings (SSSR count). The molecule has 0 spiro atoms. The highest BCUT2D eigenvalue weighted by Gasteiger charge is 2.53. The highest BCUT2D eigenvalue weighted by molar-refractivity contribution is 5.25. The second-order valence-electron chi connectivity index (χ2n) is 7.56. The van der Waals surface area contributed by atoms with Crippen LogP contribution in [0.5, 0.6) is 0 Å². The van der Waals surface area contributed by atoms with Gasteiger partial charge in [0.15, 0.2) is 0 Å². The Morgan fingerprint density at radius 2 is 1.95 bits per heavy atom. The van der Waals surface area contributed by atoms with Gasteiger partial charge in [0, 0.05) is 12.1 Å². The summed E-state index contributed by atoms with van der Waals surface area (Å²) < 4.78 is 0. The van der Waals surface area contributed by atoms with Crippen LogP contribution in [-0.2, 0) is 0 Å². The summed E-state index contributed by atoms with van der Waals surface area (Å²) >= 11 is 0. The lowest BCUT2D eigenvalue weighted by molar-refractivity contribution is 0.200. The summed E-state index contributed by atoms with van der Waals surface area (Å²) in [4.78, 5) is 0. The number of aryl methyl sites for hydroxylation is 1. The van der Waals surface area contributed by atoms with E-state index in [0.29, 0.717) is 6.04 Å². The first-order chi connectivity index (χ1) is 9.72. The van der Waals surface area contributed by atoms with Crippen molar-refractivity contribution in [2.24, 2.45) is 23.7 Å². The summed E-state index contributed by atoms with van der Waals surface area (Å²) in [5.74, 6) is 4.21. The van der Waals surface area contributed by atoms with Gasteiger partial charge in [0.1, 0.15) is 0 Å². The van der Waals surface area contributed by atoms with Gasteiger partial charge < -0.3 is 5.32 Å². The van der Waals surface area contributed by atoms with E-state index in [1.807, 2.05) is 0 Å². The van der Waals surface area contributed by atoms with Crippen LogP contribution in [0.15, 0.2) is 24.3 Å². The second kappa shape index (κ2) is 4.87. The maximum absolute atomic E-state index is 3.97. The Kier molecular flexibility index (Phi) is 3.14. The first-order valence-electron chi connectivity index (χ1n) is 8.55. The molecule has 0 amide bonds. The van der Waals surface area contributed by atoms with E-state index < -0.39 is 0 Å². The zero-order chi connectivity index (χ0) is 13.7. The standard InChI is InChI=1S/C19H27N/c1-12-5-3-6-14(9-12)13(2)20-19-11-15-10-18(19)17-8-4-7-16(15)17/h3,5-6,9,13,15-20H,4,7-8,10-11H2,1-2H3. The van der Waals surface area contributed by atoms with E-state index in [0.717, 1.165) is 29.7 Å². The van der Waals surface area contributed by atoms with Crippen LogP contribution < -0.4 is 5.32 Å². The van der Waals surface area contributed by atoms with Crippen molar-refractivity contribution in [3.8, 4) is 0 Å². The fourth-order valence-corrected chi connectivity index (χ4v) is 5.62. The van der Waals surface area contributed by atoms with Gasteiger partial charge in [-0.05, 0) is 68.8 Å². The predicted molar refractivity (Wildman–Crippen MR) is 83.6 cm³/mol. The number of benzene rings is 1. The molecule has 3 aliphatic rings. The first-order valence-corrected chi connectivity index (χ1v) is 8.55. The van der Waals surface area contributed by atoms with Gasteiger partial charge in [-0.3, -0.25) is 0 Å². The molecule has 6 unspecified atom stereocenters. The molecule has 0 saturated heterocycles. The van der Waals surface area contributed by atoms with Gasteiger partial charge in [-0.15, -0.1) is 0 Å². The molecular weight excluding hydrogens is 242 g/mol. The molecule has 2 bridgehead atoms. The Morgan fingerprint density at radius 1 is 1.10 bits per heavy atom. The van der Waals surface area contributed by atoms with Crippen LogP contribution in [-0.4, -0.2) is 6.04 Å². The molecule has 1 N–H and O–H groups in total. The Bertz CT molecular complexity index is 494. The van der Waals surface area contributed by atoms with Gasteiger partial charge in [-0.1, -0.05) is 36.2 Å². The smallest absolute Gasteiger partial charge is 0.0294 e. The average molecular weight is 269 g/mol. The molecule has 0 radical (unpaired) electrons. The Labute approximate surface area is 123 Å². The molecule has 20 heavy (non-hydrogen) atoms. The summed E-state index contributed by atoms with van der Waals surface area (Å²) in [6.07, 6.45) is 7.52. The van der Waals surface area contributed by atoms with Gasteiger partial charge in [-0.2, -0.15) is 0 Å².